The Morgan fingerprint density at radius 3 is 2.70 bits per heavy atom. The topological polar surface area (TPSA) is 135 Å². The van der Waals surface area contributed by atoms with E-state index in [9.17, 15) is 9.90 Å². The normalized spacial score (nSPS) is 18.2. The third-order valence-electron chi connectivity index (χ3n) is 5.57. The standard InChI is InChI=1S/C22H22N8O3/c1-3-30-13-14(12-24-30)25-21-23-9-7-17(27-21)15-5-4-6-16(26-15)18-11-19(33-28-18)22(32)8-10-29(2)20(22)31/h4-7,9,11-13,32H,3,8,10H2,1-2H3,(H,23,25,27)/t22-/m1/s1. The second-order valence-electron chi connectivity index (χ2n) is 7.80. The highest BCUT2D eigenvalue weighted by Crippen LogP contribution is 2.34. The third-order valence-corrected chi connectivity index (χ3v) is 5.57. The smallest absolute Gasteiger partial charge is 0.262 e. The number of amides is 1. The molecule has 0 unspecified atom stereocenters. The molecule has 0 spiro atoms. The summed E-state index contributed by atoms with van der Waals surface area (Å²) in [5.74, 6) is 0.128. The van der Waals surface area contributed by atoms with Crippen molar-refractivity contribution in [3.8, 4) is 22.8 Å². The number of rotatable bonds is 6. The van der Waals surface area contributed by atoms with Crippen LogP contribution in [-0.2, 0) is 16.9 Å². The zero-order valence-electron chi connectivity index (χ0n) is 18.1. The first-order valence-corrected chi connectivity index (χ1v) is 10.5. The predicted molar refractivity (Wildman–Crippen MR) is 118 cm³/mol. The van der Waals surface area contributed by atoms with Gasteiger partial charge in [-0.25, -0.2) is 15.0 Å². The van der Waals surface area contributed by atoms with E-state index in [1.807, 2.05) is 25.3 Å². The second kappa shape index (κ2) is 8.10. The van der Waals surface area contributed by atoms with Crippen LogP contribution in [0.15, 0.2) is 53.4 Å². The van der Waals surface area contributed by atoms with Crippen molar-refractivity contribution in [2.45, 2.75) is 25.5 Å². The van der Waals surface area contributed by atoms with Crippen LogP contribution in [0.2, 0.25) is 0 Å². The number of hydrogen-bond acceptors (Lipinski definition) is 9. The lowest BCUT2D eigenvalue weighted by molar-refractivity contribution is -0.144. The van der Waals surface area contributed by atoms with Gasteiger partial charge in [0.15, 0.2) is 5.76 Å². The Hall–Kier alpha value is -4.12. The molecule has 4 aromatic heterocycles. The van der Waals surface area contributed by atoms with Gasteiger partial charge in [0.05, 0.1) is 29.0 Å². The van der Waals surface area contributed by atoms with Crippen LogP contribution in [0, 0.1) is 0 Å². The number of nitrogens with zero attached hydrogens (tertiary/aromatic N) is 7. The van der Waals surface area contributed by atoms with E-state index in [0.29, 0.717) is 35.3 Å². The van der Waals surface area contributed by atoms with Crippen LogP contribution in [0.1, 0.15) is 19.1 Å². The lowest BCUT2D eigenvalue weighted by Crippen LogP contribution is -2.35. The monoisotopic (exact) mass is 446 g/mol. The molecular weight excluding hydrogens is 424 g/mol. The van der Waals surface area contributed by atoms with E-state index in [1.54, 1.807) is 42.3 Å². The number of aliphatic hydroxyl groups is 1. The fourth-order valence-corrected chi connectivity index (χ4v) is 3.68. The number of carbonyl (C=O) groups excluding carboxylic acids is 1. The number of aryl methyl sites for hydroxylation is 1. The van der Waals surface area contributed by atoms with Gasteiger partial charge in [-0.1, -0.05) is 11.2 Å². The molecule has 0 radical (unpaired) electrons. The molecule has 0 aromatic carbocycles. The number of likely N-dealkylation sites (N-methyl/N-ethyl adjacent to an activating group) is 1. The Morgan fingerprint density at radius 1 is 1.18 bits per heavy atom. The molecular formula is C22H22N8O3. The Balaban J connectivity index is 1.40. The molecule has 11 nitrogen and oxygen atoms in total. The van der Waals surface area contributed by atoms with Crippen LogP contribution in [0.3, 0.4) is 0 Å². The number of anilines is 2. The van der Waals surface area contributed by atoms with Crippen molar-refractivity contribution in [1.82, 2.24) is 34.8 Å². The van der Waals surface area contributed by atoms with Gasteiger partial charge in [0.2, 0.25) is 11.5 Å². The van der Waals surface area contributed by atoms with Gasteiger partial charge in [-0.15, -0.1) is 0 Å². The van der Waals surface area contributed by atoms with Gasteiger partial charge in [-0.05, 0) is 25.1 Å². The zero-order chi connectivity index (χ0) is 23.0. The fourth-order valence-electron chi connectivity index (χ4n) is 3.68. The second-order valence-corrected chi connectivity index (χ2v) is 7.80. The highest BCUT2D eigenvalue weighted by Gasteiger charge is 2.48. The van der Waals surface area contributed by atoms with Crippen molar-refractivity contribution >= 4 is 17.5 Å². The summed E-state index contributed by atoms with van der Waals surface area (Å²) in [6.45, 7) is 3.22. The maximum absolute atomic E-state index is 12.3. The minimum Gasteiger partial charge on any atom is -0.373 e. The van der Waals surface area contributed by atoms with Gasteiger partial charge in [-0.3, -0.25) is 9.48 Å². The van der Waals surface area contributed by atoms with Gasteiger partial charge in [0.1, 0.15) is 5.69 Å². The minimum absolute atomic E-state index is 0.111. The summed E-state index contributed by atoms with van der Waals surface area (Å²) in [4.78, 5) is 27.3. The molecule has 5 rings (SSSR count). The van der Waals surface area contributed by atoms with Crippen molar-refractivity contribution < 1.29 is 14.4 Å². The quantitative estimate of drug-likeness (QED) is 0.457. The molecule has 11 heteroatoms. The van der Waals surface area contributed by atoms with Crippen LogP contribution in [-0.4, -0.2) is 59.4 Å². The molecule has 1 saturated heterocycles. The van der Waals surface area contributed by atoms with Crippen LogP contribution in [0.25, 0.3) is 22.8 Å². The molecule has 1 aliphatic rings. The molecule has 4 aromatic rings. The molecule has 0 saturated carbocycles. The van der Waals surface area contributed by atoms with E-state index in [1.165, 1.54) is 4.90 Å². The van der Waals surface area contributed by atoms with Crippen LogP contribution < -0.4 is 5.32 Å². The van der Waals surface area contributed by atoms with Gasteiger partial charge < -0.3 is 19.8 Å². The molecule has 0 bridgehead atoms. The molecule has 1 amide bonds. The molecule has 1 fully saturated rings. The third kappa shape index (κ3) is 3.82. The highest BCUT2D eigenvalue weighted by molar-refractivity contribution is 5.87. The van der Waals surface area contributed by atoms with E-state index < -0.39 is 11.5 Å². The van der Waals surface area contributed by atoms with Crippen molar-refractivity contribution in [2.75, 3.05) is 18.9 Å². The summed E-state index contributed by atoms with van der Waals surface area (Å²) < 4.78 is 7.14. The summed E-state index contributed by atoms with van der Waals surface area (Å²) in [5.41, 5.74) is 1.27. The minimum atomic E-state index is -1.70. The Labute approximate surface area is 189 Å². The van der Waals surface area contributed by atoms with Crippen molar-refractivity contribution in [3.63, 3.8) is 0 Å². The first kappa shape index (κ1) is 20.8. The first-order valence-electron chi connectivity index (χ1n) is 10.5. The molecule has 0 aliphatic carbocycles. The first-order chi connectivity index (χ1) is 16.0. The lowest BCUT2D eigenvalue weighted by Gasteiger charge is -2.16. The van der Waals surface area contributed by atoms with Gasteiger partial charge in [0, 0.05) is 45.0 Å². The molecule has 2 N–H and O–H groups in total. The van der Waals surface area contributed by atoms with Crippen molar-refractivity contribution in [1.29, 1.82) is 0 Å². The Morgan fingerprint density at radius 2 is 1.97 bits per heavy atom. The van der Waals surface area contributed by atoms with Crippen LogP contribution in [0.4, 0.5) is 11.6 Å². The van der Waals surface area contributed by atoms with E-state index in [2.05, 4.69) is 30.5 Å². The summed E-state index contributed by atoms with van der Waals surface area (Å²) in [5, 5.41) is 22.2. The van der Waals surface area contributed by atoms with E-state index in [4.69, 9.17) is 4.52 Å². The average molecular weight is 446 g/mol. The summed E-state index contributed by atoms with van der Waals surface area (Å²) in [6.07, 6.45) is 5.48. The maximum Gasteiger partial charge on any atom is 0.262 e. The summed E-state index contributed by atoms with van der Waals surface area (Å²) in [7, 11) is 1.64. The summed E-state index contributed by atoms with van der Waals surface area (Å²) >= 11 is 0. The molecule has 5 heterocycles. The van der Waals surface area contributed by atoms with Gasteiger partial charge in [-0.2, -0.15) is 5.10 Å². The van der Waals surface area contributed by atoms with Crippen molar-refractivity contribution in [2.24, 2.45) is 0 Å². The number of likely N-dealkylation sites (tertiary alicyclic amines) is 1. The highest BCUT2D eigenvalue weighted by atomic mass is 16.5. The Bertz CT molecular complexity index is 1320. The number of pyridine rings is 1. The number of carbonyl (C=O) groups is 1. The number of aromatic nitrogens is 6. The lowest BCUT2D eigenvalue weighted by atomic mass is 9.98. The van der Waals surface area contributed by atoms with E-state index in [0.717, 1.165) is 12.2 Å². The van der Waals surface area contributed by atoms with E-state index in [-0.39, 0.29) is 12.2 Å². The average Bonchev–Trinajstić information content (AvgIpc) is 3.57. The van der Waals surface area contributed by atoms with E-state index >= 15 is 0 Å². The van der Waals surface area contributed by atoms with Crippen molar-refractivity contribution in [3.05, 3.63) is 54.7 Å². The van der Waals surface area contributed by atoms with Gasteiger partial charge >= 0.3 is 0 Å². The molecule has 168 valence electrons. The maximum atomic E-state index is 12.3. The zero-order valence-corrected chi connectivity index (χ0v) is 18.1. The van der Waals surface area contributed by atoms with Crippen LogP contribution >= 0.6 is 0 Å². The molecule has 33 heavy (non-hydrogen) atoms. The SMILES string of the molecule is CCn1cc(Nc2nccc(-c3cccc(-c4cc([C@]5(O)CCN(C)C5=O)on4)n3)n2)cn1. The van der Waals surface area contributed by atoms with Gasteiger partial charge in [0.25, 0.3) is 5.91 Å². The Kier molecular flexibility index (Phi) is 5.09. The van der Waals surface area contributed by atoms with Crippen LogP contribution in [0.5, 0.6) is 0 Å². The number of hydrogen-bond donors (Lipinski definition) is 2. The summed E-state index contributed by atoms with van der Waals surface area (Å²) in [6, 6.07) is 8.75. The predicted octanol–water partition coefficient (Wildman–Crippen LogP) is 2.20. The molecule has 1 aliphatic heterocycles. The number of nitrogens with one attached hydrogen (secondary N) is 1. The molecule has 1 atom stereocenters. The largest absolute Gasteiger partial charge is 0.373 e. The fraction of sp³-hybridized carbons (Fsp3) is 0.273.